The van der Waals surface area contributed by atoms with E-state index < -0.39 is 24.1 Å². The van der Waals surface area contributed by atoms with E-state index in [1.54, 1.807) is 0 Å². The van der Waals surface area contributed by atoms with Crippen LogP contribution in [0.25, 0.3) is 0 Å². The smallest absolute Gasteiger partial charge is 0.407 e. The summed E-state index contributed by atoms with van der Waals surface area (Å²) in [5.74, 6) is -0.557. The molecule has 7 heteroatoms. The number of carbonyl (C=O) groups is 1. The van der Waals surface area contributed by atoms with Crippen molar-refractivity contribution in [3.63, 3.8) is 0 Å². The van der Waals surface area contributed by atoms with Crippen molar-refractivity contribution >= 4 is 11.8 Å². The number of anilines is 1. The fraction of sp³-hybridized carbons (Fsp3) is 0.278. The molecule has 0 spiro atoms. The molecular weight excluding hydrogens is 327 g/mol. The monoisotopic (exact) mass is 348 g/mol. The van der Waals surface area contributed by atoms with Crippen LogP contribution in [0.2, 0.25) is 0 Å². The van der Waals surface area contributed by atoms with Gasteiger partial charge in [0.2, 0.25) is 0 Å². The Balaban J connectivity index is 1.75. The van der Waals surface area contributed by atoms with E-state index >= 15 is 0 Å². The number of aliphatic hydroxyl groups excluding tert-OH is 2. The van der Waals surface area contributed by atoms with Crippen LogP contribution < -0.4 is 11.1 Å². The van der Waals surface area contributed by atoms with Gasteiger partial charge in [-0.3, -0.25) is 0 Å². The van der Waals surface area contributed by atoms with Gasteiger partial charge >= 0.3 is 6.09 Å². The van der Waals surface area contributed by atoms with Gasteiger partial charge in [-0.15, -0.1) is 0 Å². The third-order valence-electron chi connectivity index (χ3n) is 3.65. The second kappa shape index (κ2) is 9.00. The van der Waals surface area contributed by atoms with Crippen molar-refractivity contribution < 1.29 is 24.1 Å². The number of nitrogens with one attached hydrogen (secondary N) is 1. The van der Waals surface area contributed by atoms with Crippen LogP contribution >= 0.6 is 0 Å². The molecule has 0 bridgehead atoms. The number of hydrogen-bond donors (Lipinski definition) is 4. The third kappa shape index (κ3) is 5.74. The Bertz CT molecular complexity index is 697. The van der Waals surface area contributed by atoms with Crippen LogP contribution in [0.3, 0.4) is 0 Å². The van der Waals surface area contributed by atoms with Gasteiger partial charge in [0.25, 0.3) is 0 Å². The summed E-state index contributed by atoms with van der Waals surface area (Å²) in [5.41, 5.74) is 6.82. The standard InChI is InChI=1S/C18H21FN2O4/c19-13-6-7-15(20)14(10-13)17(23)16(22)8-9-21-18(24)25-11-12-4-2-1-3-5-12/h1-7,10,16-17,22-23H,8-9,11,20H2,(H,21,24). The van der Waals surface area contributed by atoms with Crippen LogP contribution in [0, 0.1) is 5.82 Å². The molecule has 2 rings (SSSR count). The Labute approximate surface area is 145 Å². The average Bonchev–Trinajstić information content (AvgIpc) is 2.62. The van der Waals surface area contributed by atoms with E-state index in [1.807, 2.05) is 30.3 Å². The summed E-state index contributed by atoms with van der Waals surface area (Å²) in [6, 6.07) is 12.8. The minimum Gasteiger partial charge on any atom is -0.445 e. The Morgan fingerprint density at radius 1 is 1.20 bits per heavy atom. The third-order valence-corrected chi connectivity index (χ3v) is 3.65. The lowest BCUT2D eigenvalue weighted by Gasteiger charge is -2.19. The van der Waals surface area contributed by atoms with Gasteiger partial charge in [0.1, 0.15) is 18.5 Å². The molecular formula is C18H21FN2O4. The highest BCUT2D eigenvalue weighted by molar-refractivity contribution is 5.67. The van der Waals surface area contributed by atoms with Crippen LogP contribution in [0.4, 0.5) is 14.9 Å². The first-order valence-electron chi connectivity index (χ1n) is 7.83. The number of amides is 1. The fourth-order valence-corrected chi connectivity index (χ4v) is 2.26. The average molecular weight is 348 g/mol. The maximum atomic E-state index is 13.2. The minimum absolute atomic E-state index is 0.0531. The largest absolute Gasteiger partial charge is 0.445 e. The molecule has 0 fully saturated rings. The lowest BCUT2D eigenvalue weighted by Crippen LogP contribution is -2.30. The van der Waals surface area contributed by atoms with Crippen molar-refractivity contribution in [3.05, 3.63) is 65.5 Å². The Hall–Kier alpha value is -2.64. The number of halogens is 1. The van der Waals surface area contributed by atoms with Gasteiger partial charge in [0.15, 0.2) is 0 Å². The number of rotatable bonds is 7. The molecule has 6 nitrogen and oxygen atoms in total. The molecule has 1 amide bonds. The maximum Gasteiger partial charge on any atom is 0.407 e. The number of alkyl carbamates (subject to hydrolysis) is 1. The van der Waals surface area contributed by atoms with Crippen LogP contribution in [0.15, 0.2) is 48.5 Å². The Morgan fingerprint density at radius 2 is 1.92 bits per heavy atom. The van der Waals surface area contributed by atoms with Crippen molar-refractivity contribution in [2.75, 3.05) is 12.3 Å². The molecule has 0 aliphatic heterocycles. The van der Waals surface area contributed by atoms with Crippen molar-refractivity contribution in [2.24, 2.45) is 0 Å². The zero-order valence-corrected chi connectivity index (χ0v) is 13.6. The second-order valence-corrected chi connectivity index (χ2v) is 5.56. The summed E-state index contributed by atoms with van der Waals surface area (Å²) < 4.78 is 18.3. The molecule has 2 unspecified atom stereocenters. The first-order valence-corrected chi connectivity index (χ1v) is 7.83. The summed E-state index contributed by atoms with van der Waals surface area (Å²) in [5, 5.41) is 22.5. The molecule has 0 saturated carbocycles. The molecule has 0 saturated heterocycles. The normalized spacial score (nSPS) is 13.1. The first-order chi connectivity index (χ1) is 12.0. The van der Waals surface area contributed by atoms with Gasteiger partial charge in [0, 0.05) is 17.8 Å². The summed E-state index contributed by atoms with van der Waals surface area (Å²) in [6.07, 6.45) is -3.13. The number of benzene rings is 2. The number of aliphatic hydroxyl groups is 2. The van der Waals surface area contributed by atoms with Gasteiger partial charge in [-0.2, -0.15) is 0 Å². The number of carbonyl (C=O) groups excluding carboxylic acids is 1. The van der Waals surface area contributed by atoms with Gasteiger partial charge < -0.3 is 26.0 Å². The second-order valence-electron chi connectivity index (χ2n) is 5.56. The van der Waals surface area contributed by atoms with E-state index in [4.69, 9.17) is 10.5 Å². The molecule has 25 heavy (non-hydrogen) atoms. The highest BCUT2D eigenvalue weighted by Crippen LogP contribution is 2.25. The molecule has 0 radical (unpaired) electrons. The quantitative estimate of drug-likeness (QED) is 0.574. The number of nitrogen functional groups attached to an aromatic ring is 1. The highest BCUT2D eigenvalue weighted by Gasteiger charge is 2.21. The lowest BCUT2D eigenvalue weighted by molar-refractivity contribution is 0.0139. The predicted molar refractivity (Wildman–Crippen MR) is 91.0 cm³/mol. The molecule has 2 aromatic carbocycles. The maximum absolute atomic E-state index is 13.2. The van der Waals surface area contributed by atoms with Crippen molar-refractivity contribution in [1.82, 2.24) is 5.32 Å². The summed E-state index contributed by atoms with van der Waals surface area (Å²) in [4.78, 5) is 11.6. The molecule has 5 N–H and O–H groups in total. The van der Waals surface area contributed by atoms with E-state index in [9.17, 15) is 19.4 Å². The van der Waals surface area contributed by atoms with E-state index in [0.29, 0.717) is 0 Å². The van der Waals surface area contributed by atoms with Crippen LogP contribution in [0.5, 0.6) is 0 Å². The zero-order chi connectivity index (χ0) is 18.2. The minimum atomic E-state index is -1.35. The summed E-state index contributed by atoms with van der Waals surface area (Å²) in [7, 11) is 0. The molecule has 2 atom stereocenters. The van der Waals surface area contributed by atoms with E-state index in [2.05, 4.69) is 5.32 Å². The van der Waals surface area contributed by atoms with Crippen molar-refractivity contribution in [1.29, 1.82) is 0 Å². The summed E-state index contributed by atoms with van der Waals surface area (Å²) in [6.45, 7) is 0.221. The number of nitrogens with two attached hydrogens (primary N) is 1. The Morgan fingerprint density at radius 3 is 2.64 bits per heavy atom. The molecule has 0 aromatic heterocycles. The lowest BCUT2D eigenvalue weighted by atomic mass is 10.0. The first kappa shape index (κ1) is 18.7. The number of ether oxygens (including phenoxy) is 1. The zero-order valence-electron chi connectivity index (χ0n) is 13.6. The van der Waals surface area contributed by atoms with Crippen LogP contribution in [-0.4, -0.2) is 29.0 Å². The van der Waals surface area contributed by atoms with E-state index in [0.717, 1.165) is 11.6 Å². The topological polar surface area (TPSA) is 105 Å². The van der Waals surface area contributed by atoms with Gasteiger partial charge in [-0.1, -0.05) is 30.3 Å². The van der Waals surface area contributed by atoms with Gasteiger partial charge in [-0.25, -0.2) is 9.18 Å². The van der Waals surface area contributed by atoms with Crippen molar-refractivity contribution in [3.8, 4) is 0 Å². The molecule has 134 valence electrons. The van der Waals surface area contributed by atoms with Crippen LogP contribution in [0.1, 0.15) is 23.7 Å². The van der Waals surface area contributed by atoms with E-state index in [1.165, 1.54) is 12.1 Å². The van der Waals surface area contributed by atoms with E-state index in [-0.39, 0.29) is 30.8 Å². The van der Waals surface area contributed by atoms with Gasteiger partial charge in [0.05, 0.1) is 6.10 Å². The van der Waals surface area contributed by atoms with Gasteiger partial charge in [-0.05, 0) is 30.2 Å². The molecule has 0 aliphatic carbocycles. The molecule has 0 aliphatic rings. The molecule has 2 aromatic rings. The Kier molecular flexibility index (Phi) is 6.73. The highest BCUT2D eigenvalue weighted by atomic mass is 19.1. The predicted octanol–water partition coefficient (Wildman–Crippen LogP) is 2.12. The van der Waals surface area contributed by atoms with Crippen LogP contribution in [-0.2, 0) is 11.3 Å². The van der Waals surface area contributed by atoms with Crippen molar-refractivity contribution in [2.45, 2.75) is 25.2 Å². The molecule has 0 heterocycles. The SMILES string of the molecule is Nc1ccc(F)cc1C(O)C(O)CCNC(=O)OCc1ccccc1. The number of hydrogen-bond acceptors (Lipinski definition) is 5. The summed E-state index contributed by atoms with van der Waals surface area (Å²) >= 11 is 0. The fourth-order valence-electron chi connectivity index (χ4n) is 2.26.